The van der Waals surface area contributed by atoms with Crippen molar-refractivity contribution in [1.82, 2.24) is 9.79 Å². The minimum atomic E-state index is -1.76. The fourth-order valence-corrected chi connectivity index (χ4v) is 4.65. The van der Waals surface area contributed by atoms with Crippen LogP contribution in [-0.2, 0) is 11.0 Å². The summed E-state index contributed by atoms with van der Waals surface area (Å²) >= 11 is 4.24. The number of likely N-dealkylation sites (tertiary alicyclic amines) is 1. The van der Waals surface area contributed by atoms with E-state index in [1.807, 2.05) is 0 Å². The first-order chi connectivity index (χ1) is 9.02. The minimum Gasteiger partial charge on any atom is -0.338 e. The standard InChI is InChI=1S/C10H12BrFN2O3S2/c11-7-5-8(18-10(7)19(17)13-16)9(15)14-3-1-6(12)2-4-14/h5-6,13,16H,1-4H2. The molecule has 1 unspecified atom stereocenters. The van der Waals surface area contributed by atoms with E-state index < -0.39 is 17.2 Å². The number of halogens is 2. The van der Waals surface area contributed by atoms with Crippen LogP contribution in [0.25, 0.3) is 0 Å². The average Bonchev–Trinajstić information content (AvgIpc) is 2.80. The molecule has 1 atom stereocenters. The lowest BCUT2D eigenvalue weighted by molar-refractivity contribution is 0.0672. The molecule has 9 heteroatoms. The molecule has 0 radical (unpaired) electrons. The van der Waals surface area contributed by atoms with Gasteiger partial charge in [0, 0.05) is 17.6 Å². The van der Waals surface area contributed by atoms with E-state index in [4.69, 9.17) is 5.21 Å². The van der Waals surface area contributed by atoms with Crippen molar-refractivity contribution < 1.29 is 18.6 Å². The van der Waals surface area contributed by atoms with E-state index >= 15 is 0 Å². The summed E-state index contributed by atoms with van der Waals surface area (Å²) in [5.41, 5.74) is 0. The molecule has 0 aromatic carbocycles. The zero-order valence-corrected chi connectivity index (χ0v) is 13.0. The molecule has 0 bridgehead atoms. The van der Waals surface area contributed by atoms with Gasteiger partial charge in [0.25, 0.3) is 5.91 Å². The summed E-state index contributed by atoms with van der Waals surface area (Å²) in [6.45, 7) is 0.790. The van der Waals surface area contributed by atoms with Gasteiger partial charge in [0.2, 0.25) is 0 Å². The van der Waals surface area contributed by atoms with E-state index in [2.05, 4.69) is 15.9 Å². The van der Waals surface area contributed by atoms with Gasteiger partial charge in [-0.05, 0) is 34.8 Å². The highest BCUT2D eigenvalue weighted by molar-refractivity contribution is 9.10. The van der Waals surface area contributed by atoms with Crippen LogP contribution in [0.3, 0.4) is 0 Å². The number of nitrogens with one attached hydrogen (secondary N) is 1. The summed E-state index contributed by atoms with van der Waals surface area (Å²) in [4.78, 5) is 15.8. The quantitative estimate of drug-likeness (QED) is 0.800. The van der Waals surface area contributed by atoms with Gasteiger partial charge < -0.3 is 10.1 Å². The third-order valence-electron chi connectivity index (χ3n) is 2.83. The lowest BCUT2D eigenvalue weighted by Gasteiger charge is -2.28. The number of carbonyl (C=O) groups is 1. The van der Waals surface area contributed by atoms with Crippen molar-refractivity contribution in [2.24, 2.45) is 0 Å². The zero-order valence-electron chi connectivity index (χ0n) is 9.77. The Labute approximate surface area is 124 Å². The van der Waals surface area contributed by atoms with Crippen molar-refractivity contribution in [2.75, 3.05) is 13.1 Å². The van der Waals surface area contributed by atoms with Gasteiger partial charge in [0.1, 0.15) is 10.4 Å². The molecule has 1 aromatic rings. The lowest BCUT2D eigenvalue weighted by Crippen LogP contribution is -2.38. The third-order valence-corrected chi connectivity index (χ3v) is 6.32. The highest BCUT2D eigenvalue weighted by atomic mass is 79.9. The van der Waals surface area contributed by atoms with Crippen LogP contribution in [0, 0.1) is 0 Å². The molecule has 19 heavy (non-hydrogen) atoms. The van der Waals surface area contributed by atoms with E-state index in [9.17, 15) is 13.4 Å². The number of hydrogen-bond acceptors (Lipinski definition) is 4. The Hall–Kier alpha value is -0.350. The first-order valence-electron chi connectivity index (χ1n) is 5.57. The van der Waals surface area contributed by atoms with Crippen molar-refractivity contribution in [3.05, 3.63) is 15.4 Å². The van der Waals surface area contributed by atoms with Crippen LogP contribution in [0.4, 0.5) is 4.39 Å². The fraction of sp³-hybridized carbons (Fsp3) is 0.500. The van der Waals surface area contributed by atoms with Gasteiger partial charge in [0.05, 0.1) is 4.88 Å². The number of piperidine rings is 1. The summed E-state index contributed by atoms with van der Waals surface area (Å²) in [6, 6.07) is 1.57. The van der Waals surface area contributed by atoms with Crippen LogP contribution in [0.15, 0.2) is 14.7 Å². The van der Waals surface area contributed by atoms with Crippen molar-refractivity contribution >= 4 is 44.2 Å². The normalized spacial score (nSPS) is 18.6. The Balaban J connectivity index is 2.13. The summed E-state index contributed by atoms with van der Waals surface area (Å²) in [6.07, 6.45) is -0.120. The second kappa shape index (κ2) is 6.40. The maximum Gasteiger partial charge on any atom is 0.264 e. The van der Waals surface area contributed by atoms with E-state index in [0.717, 1.165) is 11.3 Å². The summed E-state index contributed by atoms with van der Waals surface area (Å²) in [7, 11) is -1.76. The second-order valence-corrected chi connectivity index (χ2v) is 7.37. The molecule has 1 aliphatic rings. The summed E-state index contributed by atoms with van der Waals surface area (Å²) in [5, 5.41) is 8.64. The number of thiophene rings is 1. The summed E-state index contributed by atoms with van der Waals surface area (Å²) in [5.74, 6) is -0.196. The molecule has 0 aliphatic carbocycles. The maximum atomic E-state index is 13.0. The molecule has 1 aliphatic heterocycles. The number of rotatable bonds is 3. The van der Waals surface area contributed by atoms with E-state index in [-0.39, 0.29) is 5.91 Å². The first-order valence-corrected chi connectivity index (χ1v) is 8.33. The molecule has 1 fully saturated rings. The molecule has 0 saturated carbocycles. The van der Waals surface area contributed by atoms with Crippen LogP contribution < -0.4 is 4.89 Å². The average molecular weight is 371 g/mol. The van der Waals surface area contributed by atoms with Crippen molar-refractivity contribution in [3.63, 3.8) is 0 Å². The Morgan fingerprint density at radius 3 is 2.79 bits per heavy atom. The SMILES string of the molecule is O=C(c1cc(Br)c(S(=O)NO)s1)N1CCC(F)CC1. The number of nitrogens with zero attached hydrogens (tertiary/aromatic N) is 1. The molecule has 5 nitrogen and oxygen atoms in total. The molecule has 106 valence electrons. The van der Waals surface area contributed by atoms with E-state index in [1.165, 1.54) is 0 Å². The fourth-order valence-electron chi connectivity index (χ4n) is 1.83. The molecule has 1 saturated heterocycles. The number of alkyl halides is 1. The Morgan fingerprint density at radius 2 is 2.21 bits per heavy atom. The largest absolute Gasteiger partial charge is 0.338 e. The van der Waals surface area contributed by atoms with Gasteiger partial charge in [-0.1, -0.05) is 0 Å². The van der Waals surface area contributed by atoms with Crippen LogP contribution in [0.1, 0.15) is 22.5 Å². The van der Waals surface area contributed by atoms with Crippen LogP contribution in [0.5, 0.6) is 0 Å². The van der Waals surface area contributed by atoms with E-state index in [1.54, 1.807) is 15.9 Å². The van der Waals surface area contributed by atoms with Crippen molar-refractivity contribution in [3.8, 4) is 0 Å². The van der Waals surface area contributed by atoms with Gasteiger partial charge in [0.15, 0.2) is 11.0 Å². The first kappa shape index (κ1) is 15.0. The van der Waals surface area contributed by atoms with Gasteiger partial charge in [-0.25, -0.2) is 8.60 Å². The molecule has 2 rings (SSSR count). The highest BCUT2D eigenvalue weighted by Crippen LogP contribution is 2.31. The predicted molar refractivity (Wildman–Crippen MR) is 73.4 cm³/mol. The van der Waals surface area contributed by atoms with E-state index in [0.29, 0.717) is 39.5 Å². The highest BCUT2D eigenvalue weighted by Gasteiger charge is 2.25. The molecule has 0 spiro atoms. The smallest absolute Gasteiger partial charge is 0.264 e. The second-order valence-electron chi connectivity index (χ2n) is 4.07. The van der Waals surface area contributed by atoms with Crippen LogP contribution in [-0.4, -0.2) is 39.5 Å². The van der Waals surface area contributed by atoms with Crippen molar-refractivity contribution in [1.29, 1.82) is 0 Å². The number of amides is 1. The molecular formula is C10H12BrFN2O3S2. The zero-order chi connectivity index (χ0) is 14.0. The van der Waals surface area contributed by atoms with Gasteiger partial charge in [-0.2, -0.15) is 0 Å². The van der Waals surface area contributed by atoms with Gasteiger partial charge in [-0.3, -0.25) is 4.79 Å². The Bertz CT molecular complexity index is 503. The minimum absolute atomic E-state index is 0.196. The third kappa shape index (κ3) is 3.40. The Morgan fingerprint density at radius 1 is 1.58 bits per heavy atom. The maximum absolute atomic E-state index is 13.0. The monoisotopic (exact) mass is 370 g/mol. The molecule has 1 amide bonds. The van der Waals surface area contributed by atoms with Crippen LogP contribution in [0.2, 0.25) is 0 Å². The number of carbonyl (C=O) groups excluding carboxylic acids is 1. The lowest BCUT2D eigenvalue weighted by atomic mass is 10.1. The van der Waals surface area contributed by atoms with Crippen LogP contribution >= 0.6 is 27.3 Å². The summed E-state index contributed by atoms with van der Waals surface area (Å²) < 4.78 is 25.3. The van der Waals surface area contributed by atoms with Gasteiger partial charge >= 0.3 is 0 Å². The topological polar surface area (TPSA) is 69.6 Å². The van der Waals surface area contributed by atoms with Crippen molar-refractivity contribution in [2.45, 2.75) is 23.2 Å². The molecule has 1 aromatic heterocycles. The Kier molecular flexibility index (Phi) is 5.07. The molecular weight excluding hydrogens is 359 g/mol. The number of hydrogen-bond donors (Lipinski definition) is 2. The molecule has 2 N–H and O–H groups in total. The molecule has 2 heterocycles. The van der Waals surface area contributed by atoms with Gasteiger partial charge in [-0.15, -0.1) is 16.2 Å². The predicted octanol–water partition coefficient (Wildman–Crippen LogP) is 2.09.